The molecule has 1 saturated heterocycles. The van der Waals surface area contributed by atoms with E-state index in [0.29, 0.717) is 12.3 Å². The van der Waals surface area contributed by atoms with E-state index in [1.165, 1.54) is 22.0 Å². The largest absolute Gasteiger partial charge is 0.454 e. The molecule has 1 amide bonds. The summed E-state index contributed by atoms with van der Waals surface area (Å²) in [5.41, 5.74) is 4.73. The molecule has 0 radical (unpaired) electrons. The summed E-state index contributed by atoms with van der Waals surface area (Å²) >= 11 is 0. The van der Waals surface area contributed by atoms with Gasteiger partial charge in [-0.2, -0.15) is 0 Å². The van der Waals surface area contributed by atoms with E-state index in [-0.39, 0.29) is 18.6 Å². The molecule has 0 spiro atoms. The second kappa shape index (κ2) is 8.29. The summed E-state index contributed by atoms with van der Waals surface area (Å²) in [5.74, 6) is 2.43. The van der Waals surface area contributed by atoms with Gasteiger partial charge < -0.3 is 19.4 Å². The number of nitrogens with zero attached hydrogens (tertiary/aromatic N) is 1. The molecule has 1 fully saturated rings. The van der Waals surface area contributed by atoms with Crippen molar-refractivity contribution in [2.45, 2.75) is 45.4 Å². The number of aromatic amines is 1. The van der Waals surface area contributed by atoms with Gasteiger partial charge in [0.1, 0.15) is 0 Å². The lowest BCUT2D eigenvalue weighted by atomic mass is 9.86. The van der Waals surface area contributed by atoms with Gasteiger partial charge >= 0.3 is 0 Å². The molecule has 2 aliphatic rings. The SMILES string of the molecule is CCc1cccc2c(C(CC(=O)N3CCC(C)CC3)c3ccc4c(c3)OCO4)c[nH]c12. The lowest BCUT2D eigenvalue weighted by Crippen LogP contribution is -2.38. The number of fused-ring (bicyclic) bond motifs is 2. The highest BCUT2D eigenvalue weighted by Crippen LogP contribution is 2.40. The summed E-state index contributed by atoms with van der Waals surface area (Å²) in [4.78, 5) is 18.9. The van der Waals surface area contributed by atoms with Gasteiger partial charge in [-0.05, 0) is 54.0 Å². The smallest absolute Gasteiger partial charge is 0.231 e. The average Bonchev–Trinajstić information content (AvgIpc) is 3.44. The predicted octanol–water partition coefficient (Wildman–Crippen LogP) is 5.24. The first-order chi connectivity index (χ1) is 15.1. The number of hydrogen-bond acceptors (Lipinski definition) is 3. The van der Waals surface area contributed by atoms with Crippen LogP contribution >= 0.6 is 0 Å². The van der Waals surface area contributed by atoms with Gasteiger partial charge in [0.05, 0.1) is 0 Å². The summed E-state index contributed by atoms with van der Waals surface area (Å²) in [6.07, 6.45) is 5.69. The maximum absolute atomic E-state index is 13.3. The number of rotatable bonds is 5. The molecule has 5 nitrogen and oxygen atoms in total. The minimum atomic E-state index is -0.0396. The number of aryl methyl sites for hydroxylation is 1. The van der Waals surface area contributed by atoms with Gasteiger partial charge in [-0.25, -0.2) is 0 Å². The Hall–Kier alpha value is -2.95. The fourth-order valence-electron chi connectivity index (χ4n) is 4.92. The molecule has 0 saturated carbocycles. The number of benzene rings is 2. The maximum Gasteiger partial charge on any atom is 0.231 e. The zero-order valence-electron chi connectivity index (χ0n) is 18.3. The Labute approximate surface area is 183 Å². The topological polar surface area (TPSA) is 54.6 Å². The van der Waals surface area contributed by atoms with Gasteiger partial charge in [-0.1, -0.05) is 38.1 Å². The number of hydrogen-bond donors (Lipinski definition) is 1. The van der Waals surface area contributed by atoms with Crippen molar-refractivity contribution in [3.8, 4) is 11.5 Å². The number of para-hydroxylation sites is 1. The van der Waals surface area contributed by atoms with Gasteiger partial charge in [-0.3, -0.25) is 4.79 Å². The monoisotopic (exact) mass is 418 g/mol. The Morgan fingerprint density at radius 2 is 1.97 bits per heavy atom. The van der Waals surface area contributed by atoms with Crippen molar-refractivity contribution in [1.29, 1.82) is 0 Å². The Morgan fingerprint density at radius 1 is 1.16 bits per heavy atom. The standard InChI is InChI=1S/C26H30N2O3/c1-3-18-5-4-6-20-22(15-27-26(18)20)21(14-25(29)28-11-9-17(2)10-12-28)19-7-8-23-24(13-19)31-16-30-23/h4-8,13,15,17,21,27H,3,9-12,14,16H2,1-2H3. The highest BCUT2D eigenvalue weighted by Gasteiger charge is 2.28. The van der Waals surface area contributed by atoms with Crippen molar-refractivity contribution in [3.63, 3.8) is 0 Å². The van der Waals surface area contributed by atoms with E-state index in [0.717, 1.165) is 49.4 Å². The van der Waals surface area contributed by atoms with Crippen LogP contribution in [-0.4, -0.2) is 35.7 Å². The van der Waals surface area contributed by atoms with Crippen molar-refractivity contribution < 1.29 is 14.3 Å². The normalized spacial score (nSPS) is 17.3. The molecule has 2 aromatic carbocycles. The van der Waals surface area contributed by atoms with E-state index >= 15 is 0 Å². The quantitative estimate of drug-likeness (QED) is 0.616. The molecule has 5 heteroatoms. The molecule has 31 heavy (non-hydrogen) atoms. The van der Waals surface area contributed by atoms with Gasteiger partial charge in [0, 0.05) is 42.5 Å². The van der Waals surface area contributed by atoms with Crippen molar-refractivity contribution >= 4 is 16.8 Å². The molecule has 3 heterocycles. The van der Waals surface area contributed by atoms with E-state index in [9.17, 15) is 4.79 Å². The minimum Gasteiger partial charge on any atom is -0.454 e. The zero-order chi connectivity index (χ0) is 21.4. The van der Waals surface area contributed by atoms with Gasteiger partial charge in [0.2, 0.25) is 12.7 Å². The second-order valence-corrected chi connectivity index (χ2v) is 8.87. The number of aromatic nitrogens is 1. The van der Waals surface area contributed by atoms with Crippen LogP contribution in [0.4, 0.5) is 0 Å². The van der Waals surface area contributed by atoms with Crippen LogP contribution in [0.15, 0.2) is 42.6 Å². The average molecular weight is 419 g/mol. The number of nitrogens with one attached hydrogen (secondary N) is 1. The zero-order valence-corrected chi connectivity index (χ0v) is 18.3. The number of H-pyrrole nitrogens is 1. The Balaban J connectivity index is 1.53. The van der Waals surface area contributed by atoms with Crippen LogP contribution in [0.3, 0.4) is 0 Å². The van der Waals surface area contributed by atoms with Crippen LogP contribution in [0.5, 0.6) is 11.5 Å². The molecular weight excluding hydrogens is 388 g/mol. The summed E-state index contributed by atoms with van der Waals surface area (Å²) in [5, 5.41) is 1.20. The fourth-order valence-corrected chi connectivity index (χ4v) is 4.92. The Morgan fingerprint density at radius 3 is 2.77 bits per heavy atom. The summed E-state index contributed by atoms with van der Waals surface area (Å²) in [6, 6.07) is 12.5. The molecule has 162 valence electrons. The third-order valence-corrected chi connectivity index (χ3v) is 6.90. The van der Waals surface area contributed by atoms with Crippen molar-refractivity contribution in [2.75, 3.05) is 19.9 Å². The molecule has 5 rings (SSSR count). The molecule has 0 bridgehead atoms. The first-order valence-corrected chi connectivity index (χ1v) is 11.4. The number of amides is 1. The van der Waals surface area contributed by atoms with Crippen molar-refractivity contribution in [3.05, 3.63) is 59.3 Å². The first-order valence-electron chi connectivity index (χ1n) is 11.4. The number of ether oxygens (including phenoxy) is 2. The van der Waals surface area contributed by atoms with Gasteiger partial charge in [-0.15, -0.1) is 0 Å². The van der Waals surface area contributed by atoms with Crippen LogP contribution in [0.2, 0.25) is 0 Å². The number of piperidine rings is 1. The van der Waals surface area contributed by atoms with Crippen LogP contribution < -0.4 is 9.47 Å². The van der Waals surface area contributed by atoms with Crippen molar-refractivity contribution in [1.82, 2.24) is 9.88 Å². The lowest BCUT2D eigenvalue weighted by molar-refractivity contribution is -0.132. The molecule has 1 unspecified atom stereocenters. The number of carbonyl (C=O) groups is 1. The van der Waals surface area contributed by atoms with E-state index < -0.39 is 0 Å². The number of likely N-dealkylation sites (tertiary alicyclic amines) is 1. The Bertz CT molecular complexity index is 1100. The van der Waals surface area contributed by atoms with E-state index in [4.69, 9.17) is 9.47 Å². The van der Waals surface area contributed by atoms with Gasteiger partial charge in [0.15, 0.2) is 11.5 Å². The molecule has 0 aliphatic carbocycles. The van der Waals surface area contributed by atoms with Crippen LogP contribution in [-0.2, 0) is 11.2 Å². The molecule has 2 aliphatic heterocycles. The molecule has 1 N–H and O–H groups in total. The number of carbonyl (C=O) groups excluding carboxylic acids is 1. The maximum atomic E-state index is 13.3. The first kappa shape index (κ1) is 20.0. The van der Waals surface area contributed by atoms with E-state index in [1.54, 1.807) is 0 Å². The van der Waals surface area contributed by atoms with Gasteiger partial charge in [0.25, 0.3) is 0 Å². The predicted molar refractivity (Wildman–Crippen MR) is 122 cm³/mol. The van der Waals surface area contributed by atoms with Crippen molar-refractivity contribution in [2.24, 2.45) is 5.92 Å². The van der Waals surface area contributed by atoms with Crippen LogP contribution in [0, 0.1) is 5.92 Å². The second-order valence-electron chi connectivity index (χ2n) is 8.87. The summed E-state index contributed by atoms with van der Waals surface area (Å²) < 4.78 is 11.1. The molecule has 1 atom stereocenters. The van der Waals surface area contributed by atoms with Crippen LogP contribution in [0.25, 0.3) is 10.9 Å². The minimum absolute atomic E-state index is 0.0396. The molecular formula is C26H30N2O3. The molecule has 3 aromatic rings. The van der Waals surface area contributed by atoms with E-state index in [1.807, 2.05) is 17.0 Å². The summed E-state index contributed by atoms with van der Waals surface area (Å²) in [6.45, 7) is 6.42. The summed E-state index contributed by atoms with van der Waals surface area (Å²) in [7, 11) is 0. The lowest BCUT2D eigenvalue weighted by Gasteiger charge is -2.31. The third-order valence-electron chi connectivity index (χ3n) is 6.90. The third kappa shape index (κ3) is 3.78. The highest BCUT2D eigenvalue weighted by molar-refractivity contribution is 5.88. The van der Waals surface area contributed by atoms with Crippen LogP contribution in [0.1, 0.15) is 55.7 Å². The highest BCUT2D eigenvalue weighted by atomic mass is 16.7. The fraction of sp³-hybridized carbons (Fsp3) is 0.423. The van der Waals surface area contributed by atoms with E-state index in [2.05, 4.69) is 49.3 Å². The molecule has 1 aromatic heterocycles. The Kier molecular flexibility index (Phi) is 5.34.